The Morgan fingerprint density at radius 3 is 2.47 bits per heavy atom. The second kappa shape index (κ2) is 5.94. The van der Waals surface area contributed by atoms with Gasteiger partial charge in [-0.1, -0.05) is 0 Å². The van der Waals surface area contributed by atoms with Gasteiger partial charge in [-0.2, -0.15) is 5.10 Å². The van der Waals surface area contributed by atoms with Gasteiger partial charge in [0.1, 0.15) is 11.8 Å². The molecule has 1 aliphatic heterocycles. The summed E-state index contributed by atoms with van der Waals surface area (Å²) < 4.78 is 0. The van der Waals surface area contributed by atoms with E-state index in [9.17, 15) is 19.2 Å². The van der Waals surface area contributed by atoms with Crippen molar-refractivity contribution in [3.8, 4) is 0 Å². The summed E-state index contributed by atoms with van der Waals surface area (Å²) in [5.41, 5.74) is -0.00117. The summed E-state index contributed by atoms with van der Waals surface area (Å²) in [6.07, 6.45) is -0.545. The van der Waals surface area contributed by atoms with E-state index in [0.717, 1.165) is 5.01 Å². The van der Waals surface area contributed by atoms with Crippen LogP contribution in [-0.4, -0.2) is 57.8 Å². The van der Waals surface area contributed by atoms with Gasteiger partial charge in [-0.25, -0.2) is 9.80 Å². The van der Waals surface area contributed by atoms with Crippen molar-refractivity contribution in [1.29, 1.82) is 0 Å². The van der Waals surface area contributed by atoms with E-state index >= 15 is 0 Å². The van der Waals surface area contributed by atoms with Crippen LogP contribution in [0.3, 0.4) is 0 Å². The highest BCUT2D eigenvalue weighted by molar-refractivity contribution is 6.39. The Labute approximate surface area is 107 Å². The first kappa shape index (κ1) is 14.6. The number of rotatable bonds is 5. The number of carbonyl (C=O) groups excluding carboxylic acids is 2. The summed E-state index contributed by atoms with van der Waals surface area (Å²) in [6, 6.07) is -1.53. The molecule has 1 aliphatic rings. The highest BCUT2D eigenvalue weighted by Gasteiger charge is 2.27. The van der Waals surface area contributed by atoms with E-state index in [0.29, 0.717) is 0 Å². The van der Waals surface area contributed by atoms with Gasteiger partial charge >= 0.3 is 11.9 Å². The van der Waals surface area contributed by atoms with Crippen molar-refractivity contribution in [2.45, 2.75) is 25.3 Å². The van der Waals surface area contributed by atoms with Gasteiger partial charge in [0, 0.05) is 19.9 Å². The summed E-state index contributed by atoms with van der Waals surface area (Å²) in [4.78, 5) is 44.1. The van der Waals surface area contributed by atoms with E-state index in [-0.39, 0.29) is 24.5 Å². The minimum atomic E-state index is -1.53. The standard InChI is InChI=1S/C10H13N3O6/c1-13-7(14)3-2-5(12-13)9(17)11-6(10(18)19)4-8(15)16/h6H,2-4H2,1H3,(H,11,17)(H,15,16)(H,18,19)/t6-/m1/s1. The molecular weight excluding hydrogens is 258 g/mol. The van der Waals surface area contributed by atoms with Crippen molar-refractivity contribution in [3.05, 3.63) is 0 Å². The monoisotopic (exact) mass is 271 g/mol. The maximum absolute atomic E-state index is 11.7. The number of carbonyl (C=O) groups is 4. The molecule has 1 heterocycles. The van der Waals surface area contributed by atoms with Crippen LogP contribution in [0.4, 0.5) is 0 Å². The quantitative estimate of drug-likeness (QED) is 0.564. The number of amides is 2. The minimum Gasteiger partial charge on any atom is -0.481 e. The lowest BCUT2D eigenvalue weighted by Gasteiger charge is -2.20. The normalized spacial score (nSPS) is 16.6. The topological polar surface area (TPSA) is 136 Å². The molecular formula is C10H13N3O6. The Bertz CT molecular complexity index is 458. The van der Waals surface area contributed by atoms with E-state index in [2.05, 4.69) is 10.4 Å². The van der Waals surface area contributed by atoms with Gasteiger partial charge < -0.3 is 15.5 Å². The van der Waals surface area contributed by atoms with Crippen molar-refractivity contribution >= 4 is 29.5 Å². The van der Waals surface area contributed by atoms with Crippen molar-refractivity contribution in [2.75, 3.05) is 7.05 Å². The molecule has 0 spiro atoms. The highest BCUT2D eigenvalue weighted by Crippen LogP contribution is 2.07. The largest absolute Gasteiger partial charge is 0.481 e. The van der Waals surface area contributed by atoms with Crippen LogP contribution in [0.15, 0.2) is 5.10 Å². The first-order valence-corrected chi connectivity index (χ1v) is 5.40. The van der Waals surface area contributed by atoms with Gasteiger partial charge in [0.15, 0.2) is 0 Å². The molecule has 0 bridgehead atoms. The SMILES string of the molecule is CN1N=C(C(=O)N[C@H](CC(=O)O)C(=O)O)CCC1=O. The molecule has 0 saturated heterocycles. The Hall–Kier alpha value is -2.45. The molecule has 2 amide bonds. The first-order chi connectivity index (χ1) is 8.81. The lowest BCUT2D eigenvalue weighted by atomic mass is 10.1. The zero-order chi connectivity index (χ0) is 14.6. The predicted molar refractivity (Wildman–Crippen MR) is 61.3 cm³/mol. The zero-order valence-electron chi connectivity index (χ0n) is 10.1. The van der Waals surface area contributed by atoms with Crippen molar-refractivity contribution in [3.63, 3.8) is 0 Å². The summed E-state index contributed by atoms with van der Waals surface area (Å²) in [7, 11) is 1.38. The van der Waals surface area contributed by atoms with Gasteiger partial charge in [0.05, 0.1) is 6.42 Å². The molecule has 0 aromatic rings. The van der Waals surface area contributed by atoms with E-state index in [4.69, 9.17) is 10.2 Å². The second-order valence-electron chi connectivity index (χ2n) is 3.93. The number of nitrogens with zero attached hydrogens (tertiary/aromatic N) is 2. The Morgan fingerprint density at radius 1 is 1.37 bits per heavy atom. The molecule has 3 N–H and O–H groups in total. The Kier molecular flexibility index (Phi) is 4.56. The summed E-state index contributed by atoms with van der Waals surface area (Å²) >= 11 is 0. The smallest absolute Gasteiger partial charge is 0.326 e. The van der Waals surface area contributed by atoms with E-state index in [1.165, 1.54) is 7.05 Å². The zero-order valence-corrected chi connectivity index (χ0v) is 10.1. The molecule has 0 unspecified atom stereocenters. The summed E-state index contributed by atoms with van der Waals surface area (Å²) in [5.74, 6) is -3.83. The molecule has 1 atom stereocenters. The molecule has 0 saturated carbocycles. The van der Waals surface area contributed by atoms with Gasteiger partial charge in [-0.05, 0) is 0 Å². The third kappa shape index (κ3) is 4.05. The summed E-state index contributed by atoms with van der Waals surface area (Å²) in [6.45, 7) is 0. The molecule has 0 radical (unpaired) electrons. The Morgan fingerprint density at radius 2 is 2.00 bits per heavy atom. The molecule has 0 aromatic carbocycles. The van der Waals surface area contributed by atoms with Crippen LogP contribution in [0.5, 0.6) is 0 Å². The van der Waals surface area contributed by atoms with Crippen LogP contribution < -0.4 is 5.32 Å². The van der Waals surface area contributed by atoms with Gasteiger partial charge in [-0.3, -0.25) is 14.4 Å². The van der Waals surface area contributed by atoms with Gasteiger partial charge in [-0.15, -0.1) is 0 Å². The fraction of sp³-hybridized carbons (Fsp3) is 0.500. The number of hydrazone groups is 1. The third-order valence-corrected chi connectivity index (χ3v) is 2.45. The van der Waals surface area contributed by atoms with Crippen LogP contribution in [0.2, 0.25) is 0 Å². The van der Waals surface area contributed by atoms with Crippen LogP contribution in [0.1, 0.15) is 19.3 Å². The van der Waals surface area contributed by atoms with Gasteiger partial charge in [0.2, 0.25) is 5.91 Å². The van der Waals surface area contributed by atoms with Gasteiger partial charge in [0.25, 0.3) is 5.91 Å². The fourth-order valence-electron chi connectivity index (χ4n) is 1.45. The van der Waals surface area contributed by atoms with Crippen LogP contribution in [0.25, 0.3) is 0 Å². The number of hydrogen-bond donors (Lipinski definition) is 3. The van der Waals surface area contributed by atoms with Crippen LogP contribution in [-0.2, 0) is 19.2 Å². The average molecular weight is 271 g/mol. The Balaban J connectivity index is 2.72. The second-order valence-corrected chi connectivity index (χ2v) is 3.93. The molecule has 0 fully saturated rings. The molecule has 9 heteroatoms. The first-order valence-electron chi connectivity index (χ1n) is 5.40. The number of hydrogen-bond acceptors (Lipinski definition) is 5. The maximum atomic E-state index is 11.7. The number of nitrogens with one attached hydrogen (secondary N) is 1. The summed E-state index contributed by atoms with van der Waals surface area (Å²) in [5, 5.41) is 24.1. The van der Waals surface area contributed by atoms with Crippen LogP contribution in [0, 0.1) is 0 Å². The number of aliphatic carboxylic acids is 2. The highest BCUT2D eigenvalue weighted by atomic mass is 16.4. The minimum absolute atomic E-state index is 0.00117. The molecule has 1 rings (SSSR count). The molecule has 19 heavy (non-hydrogen) atoms. The molecule has 0 aliphatic carbocycles. The molecule has 104 valence electrons. The third-order valence-electron chi connectivity index (χ3n) is 2.45. The van der Waals surface area contributed by atoms with Crippen molar-refractivity contribution in [2.24, 2.45) is 5.10 Å². The van der Waals surface area contributed by atoms with E-state index in [1.54, 1.807) is 0 Å². The van der Waals surface area contributed by atoms with Crippen LogP contribution >= 0.6 is 0 Å². The average Bonchev–Trinajstić information content (AvgIpc) is 2.31. The predicted octanol–water partition coefficient (Wildman–Crippen LogP) is -1.36. The van der Waals surface area contributed by atoms with Crippen molar-refractivity contribution in [1.82, 2.24) is 10.3 Å². The lowest BCUT2D eigenvalue weighted by Crippen LogP contribution is -2.46. The number of carboxylic acid groups (broad SMARTS) is 2. The molecule has 0 aromatic heterocycles. The fourth-order valence-corrected chi connectivity index (χ4v) is 1.45. The number of carboxylic acids is 2. The lowest BCUT2D eigenvalue weighted by molar-refractivity contribution is -0.146. The van der Waals surface area contributed by atoms with Crippen molar-refractivity contribution < 1.29 is 29.4 Å². The van der Waals surface area contributed by atoms with E-state index in [1.807, 2.05) is 0 Å². The van der Waals surface area contributed by atoms with E-state index < -0.39 is 30.3 Å². The molecule has 9 nitrogen and oxygen atoms in total. The maximum Gasteiger partial charge on any atom is 0.326 e.